The first-order valence-electron chi connectivity index (χ1n) is 6.87. The summed E-state index contributed by atoms with van der Waals surface area (Å²) in [4.78, 5) is 29.8. The number of nitrogen functional groups attached to an aromatic ring is 1. The van der Waals surface area contributed by atoms with E-state index in [1.807, 2.05) is 0 Å². The molecule has 2 N–H and O–H groups in total. The van der Waals surface area contributed by atoms with Gasteiger partial charge in [0, 0.05) is 29.4 Å². The van der Waals surface area contributed by atoms with Gasteiger partial charge < -0.3 is 5.73 Å². The van der Waals surface area contributed by atoms with Gasteiger partial charge in [-0.25, -0.2) is 5.06 Å². The number of rotatable bonds is 4. The zero-order valence-electron chi connectivity index (χ0n) is 13.1. The van der Waals surface area contributed by atoms with Crippen LogP contribution in [0.5, 0.6) is 0 Å². The van der Waals surface area contributed by atoms with Gasteiger partial charge in [0.1, 0.15) is 0 Å². The van der Waals surface area contributed by atoms with Crippen LogP contribution in [0.15, 0.2) is 36.4 Å². The monoisotopic (exact) mass is 332 g/mol. The largest absolute Gasteiger partial charge is 0.399 e. The van der Waals surface area contributed by atoms with Crippen LogP contribution < -0.4 is 5.73 Å². The standard InChI is InChI=1S/C17H17ClN2O3/c1-10-4-5-11(17(22)20(2)23-3)8-14(10)16(21)13-7-6-12(19)9-15(13)18/h4-9H,19H2,1-3H3. The van der Waals surface area contributed by atoms with Gasteiger partial charge in [-0.15, -0.1) is 0 Å². The maximum absolute atomic E-state index is 12.7. The summed E-state index contributed by atoms with van der Waals surface area (Å²) in [6, 6.07) is 9.63. The first-order valence-corrected chi connectivity index (χ1v) is 7.25. The van der Waals surface area contributed by atoms with Crippen LogP contribution in [0.3, 0.4) is 0 Å². The van der Waals surface area contributed by atoms with Crippen LogP contribution in [-0.4, -0.2) is 30.9 Å². The zero-order chi connectivity index (χ0) is 17.1. The van der Waals surface area contributed by atoms with E-state index >= 15 is 0 Å². The molecular formula is C17H17ClN2O3. The van der Waals surface area contributed by atoms with Crippen molar-refractivity contribution in [3.05, 3.63) is 63.7 Å². The van der Waals surface area contributed by atoms with Crippen LogP contribution in [0.1, 0.15) is 31.8 Å². The van der Waals surface area contributed by atoms with Crippen LogP contribution in [0.2, 0.25) is 5.02 Å². The van der Waals surface area contributed by atoms with E-state index < -0.39 is 0 Å². The Morgan fingerprint density at radius 3 is 2.43 bits per heavy atom. The number of nitrogens with zero attached hydrogens (tertiary/aromatic N) is 1. The summed E-state index contributed by atoms with van der Waals surface area (Å²) in [6.07, 6.45) is 0. The Labute approximate surface area is 139 Å². The molecule has 2 rings (SSSR count). The molecule has 2 aromatic carbocycles. The quantitative estimate of drug-likeness (QED) is 0.530. The number of carbonyl (C=O) groups excluding carboxylic acids is 2. The van der Waals surface area contributed by atoms with Crippen molar-refractivity contribution in [3.8, 4) is 0 Å². The van der Waals surface area contributed by atoms with Gasteiger partial charge in [0.05, 0.1) is 12.1 Å². The van der Waals surface area contributed by atoms with Crippen LogP contribution in [-0.2, 0) is 4.84 Å². The summed E-state index contributed by atoms with van der Waals surface area (Å²) < 4.78 is 0. The van der Waals surface area contributed by atoms with Crippen molar-refractivity contribution in [2.45, 2.75) is 6.92 Å². The minimum atomic E-state index is -0.343. The van der Waals surface area contributed by atoms with Gasteiger partial charge in [-0.1, -0.05) is 17.7 Å². The lowest BCUT2D eigenvalue weighted by Crippen LogP contribution is -2.25. The Hall–Kier alpha value is -2.37. The maximum atomic E-state index is 12.7. The fourth-order valence-electron chi connectivity index (χ4n) is 2.12. The second kappa shape index (κ2) is 6.81. The molecule has 0 aliphatic carbocycles. The number of aryl methyl sites for hydroxylation is 1. The molecule has 0 radical (unpaired) electrons. The van der Waals surface area contributed by atoms with Gasteiger partial charge in [0.15, 0.2) is 5.78 Å². The van der Waals surface area contributed by atoms with Crippen LogP contribution in [0.25, 0.3) is 0 Å². The Kier molecular flexibility index (Phi) is 5.03. The molecule has 0 atom stereocenters. The van der Waals surface area contributed by atoms with E-state index in [0.29, 0.717) is 22.4 Å². The molecule has 120 valence electrons. The molecule has 5 nitrogen and oxygen atoms in total. The predicted octanol–water partition coefficient (Wildman–Crippen LogP) is 3.10. The number of hydrogen-bond donors (Lipinski definition) is 1. The van der Waals surface area contributed by atoms with E-state index in [-0.39, 0.29) is 16.7 Å². The topological polar surface area (TPSA) is 72.6 Å². The zero-order valence-corrected chi connectivity index (χ0v) is 13.8. The molecular weight excluding hydrogens is 316 g/mol. The highest BCUT2D eigenvalue weighted by Gasteiger charge is 2.19. The van der Waals surface area contributed by atoms with E-state index in [4.69, 9.17) is 22.2 Å². The molecule has 6 heteroatoms. The fraction of sp³-hybridized carbons (Fsp3) is 0.176. The lowest BCUT2D eigenvalue weighted by atomic mass is 9.96. The molecule has 0 fully saturated rings. The third kappa shape index (κ3) is 3.52. The number of ketones is 1. The summed E-state index contributed by atoms with van der Waals surface area (Å²) in [7, 11) is 2.90. The Morgan fingerprint density at radius 2 is 1.83 bits per heavy atom. The summed E-state index contributed by atoms with van der Waals surface area (Å²) in [5.74, 6) is -0.604. The molecule has 0 aliphatic heterocycles. The molecule has 23 heavy (non-hydrogen) atoms. The Bertz CT molecular complexity index is 774. The third-order valence-corrected chi connectivity index (χ3v) is 3.84. The predicted molar refractivity (Wildman–Crippen MR) is 89.6 cm³/mol. The van der Waals surface area contributed by atoms with Crippen molar-refractivity contribution in [2.24, 2.45) is 0 Å². The van der Waals surface area contributed by atoms with Crippen molar-refractivity contribution >= 4 is 29.0 Å². The molecule has 0 aromatic heterocycles. The molecule has 0 unspecified atom stereocenters. The summed E-state index contributed by atoms with van der Waals surface area (Å²) >= 11 is 6.11. The van der Waals surface area contributed by atoms with Crippen molar-refractivity contribution < 1.29 is 14.4 Å². The summed E-state index contributed by atoms with van der Waals surface area (Å²) in [5, 5.41) is 1.37. The van der Waals surface area contributed by atoms with Crippen LogP contribution in [0, 0.1) is 6.92 Å². The van der Waals surface area contributed by atoms with Crippen molar-refractivity contribution in [2.75, 3.05) is 19.9 Å². The van der Waals surface area contributed by atoms with E-state index in [1.165, 1.54) is 20.2 Å². The van der Waals surface area contributed by atoms with E-state index in [9.17, 15) is 9.59 Å². The molecule has 0 saturated heterocycles. The highest BCUT2D eigenvalue weighted by atomic mass is 35.5. The van der Waals surface area contributed by atoms with Gasteiger partial charge in [0.2, 0.25) is 0 Å². The SMILES string of the molecule is CON(C)C(=O)c1ccc(C)c(C(=O)c2ccc(N)cc2Cl)c1. The van der Waals surface area contributed by atoms with Crippen LogP contribution >= 0.6 is 11.6 Å². The Morgan fingerprint density at radius 1 is 1.13 bits per heavy atom. The van der Waals surface area contributed by atoms with Gasteiger partial charge in [-0.3, -0.25) is 14.4 Å². The van der Waals surface area contributed by atoms with E-state index in [1.54, 1.807) is 37.3 Å². The minimum absolute atomic E-state index is 0.262. The maximum Gasteiger partial charge on any atom is 0.277 e. The summed E-state index contributed by atoms with van der Waals surface area (Å²) in [5.41, 5.74) is 7.99. The minimum Gasteiger partial charge on any atom is -0.399 e. The van der Waals surface area contributed by atoms with Gasteiger partial charge in [-0.05, 0) is 42.8 Å². The highest BCUT2D eigenvalue weighted by molar-refractivity contribution is 6.35. The first kappa shape index (κ1) is 17.0. The van der Waals surface area contributed by atoms with Crippen molar-refractivity contribution in [3.63, 3.8) is 0 Å². The molecule has 2 aromatic rings. The number of hydrogen-bond acceptors (Lipinski definition) is 4. The number of nitrogens with two attached hydrogens (primary N) is 1. The van der Waals surface area contributed by atoms with Gasteiger partial charge in [-0.2, -0.15) is 0 Å². The number of halogens is 1. The average molecular weight is 333 g/mol. The van der Waals surface area contributed by atoms with Crippen LogP contribution in [0.4, 0.5) is 5.69 Å². The average Bonchev–Trinajstić information content (AvgIpc) is 2.53. The molecule has 0 spiro atoms. The first-order chi connectivity index (χ1) is 10.8. The number of benzene rings is 2. The van der Waals surface area contributed by atoms with Crippen molar-refractivity contribution in [1.29, 1.82) is 0 Å². The molecule has 0 bridgehead atoms. The fourth-order valence-corrected chi connectivity index (χ4v) is 2.40. The van der Waals surface area contributed by atoms with Gasteiger partial charge >= 0.3 is 0 Å². The van der Waals surface area contributed by atoms with E-state index in [2.05, 4.69) is 0 Å². The number of hydroxylamine groups is 2. The van der Waals surface area contributed by atoms with Gasteiger partial charge in [0.25, 0.3) is 5.91 Å². The number of carbonyl (C=O) groups is 2. The lowest BCUT2D eigenvalue weighted by Gasteiger charge is -2.15. The van der Waals surface area contributed by atoms with Crippen molar-refractivity contribution in [1.82, 2.24) is 5.06 Å². The number of anilines is 1. The summed E-state index contributed by atoms with van der Waals surface area (Å²) in [6.45, 7) is 1.80. The van der Waals surface area contributed by atoms with E-state index in [0.717, 1.165) is 10.6 Å². The molecule has 0 heterocycles. The molecule has 0 saturated carbocycles. The molecule has 1 amide bonds. The normalized spacial score (nSPS) is 10.4. The second-order valence-corrected chi connectivity index (χ2v) is 5.49. The smallest absolute Gasteiger partial charge is 0.277 e. The third-order valence-electron chi connectivity index (χ3n) is 3.53. The number of amides is 1. The highest BCUT2D eigenvalue weighted by Crippen LogP contribution is 2.24. The lowest BCUT2D eigenvalue weighted by molar-refractivity contribution is -0.0757. The Balaban J connectivity index is 2.46. The second-order valence-electron chi connectivity index (χ2n) is 5.08. The molecule has 0 aliphatic rings.